The van der Waals surface area contributed by atoms with Crippen LogP contribution >= 0.6 is 24.0 Å². The lowest BCUT2D eigenvalue weighted by molar-refractivity contribution is 0.408. The summed E-state index contributed by atoms with van der Waals surface area (Å²) < 4.78 is 7.65. The number of nitrogens with one attached hydrogen (secondary N) is 2. The van der Waals surface area contributed by atoms with Gasteiger partial charge in [-0.25, -0.2) is 9.98 Å². The number of halogens is 1. The van der Waals surface area contributed by atoms with E-state index in [9.17, 15) is 0 Å². The molecule has 0 aliphatic rings. The molecule has 0 radical (unpaired) electrons. The molecule has 0 atom stereocenters. The second kappa shape index (κ2) is 12.3. The molecule has 0 aliphatic carbocycles. The molecule has 0 spiro atoms. The summed E-state index contributed by atoms with van der Waals surface area (Å²) in [6.07, 6.45) is 3.84. The number of guanidine groups is 1. The van der Waals surface area contributed by atoms with E-state index < -0.39 is 0 Å². The van der Waals surface area contributed by atoms with Gasteiger partial charge in [0.2, 0.25) is 0 Å². The summed E-state index contributed by atoms with van der Waals surface area (Å²) in [6, 6.07) is 14.8. The summed E-state index contributed by atoms with van der Waals surface area (Å²) in [5.74, 6) is 2.69. The van der Waals surface area contributed by atoms with E-state index in [4.69, 9.17) is 9.73 Å². The molecule has 1 aromatic heterocycles. The van der Waals surface area contributed by atoms with Crippen molar-refractivity contribution < 1.29 is 4.74 Å². The Morgan fingerprint density at radius 2 is 1.90 bits per heavy atom. The molecule has 0 bridgehead atoms. The number of aryl methyl sites for hydroxylation is 2. The van der Waals surface area contributed by atoms with Crippen LogP contribution in [0, 0.1) is 13.8 Å². The Morgan fingerprint density at radius 3 is 2.61 bits per heavy atom. The molecule has 0 amide bonds. The molecule has 0 saturated heterocycles. The fraction of sp³-hybridized carbons (Fsp3) is 0.333. The number of aromatic nitrogens is 2. The molecule has 166 valence electrons. The van der Waals surface area contributed by atoms with Gasteiger partial charge in [-0.2, -0.15) is 0 Å². The first-order chi connectivity index (χ1) is 14.6. The smallest absolute Gasteiger partial charge is 0.191 e. The molecule has 2 aromatic carbocycles. The highest BCUT2D eigenvalue weighted by molar-refractivity contribution is 14.0. The summed E-state index contributed by atoms with van der Waals surface area (Å²) in [6.45, 7) is 9.02. The van der Waals surface area contributed by atoms with Crippen LogP contribution in [0.25, 0.3) is 0 Å². The number of hydrogen-bond donors (Lipinski definition) is 2. The van der Waals surface area contributed by atoms with Gasteiger partial charge in [-0.05, 0) is 43.5 Å². The molecule has 6 nitrogen and oxygen atoms in total. The van der Waals surface area contributed by atoms with Crippen LogP contribution in [0.5, 0.6) is 5.75 Å². The topological polar surface area (TPSA) is 63.5 Å². The van der Waals surface area contributed by atoms with Crippen molar-refractivity contribution in [3.63, 3.8) is 0 Å². The quantitative estimate of drug-likeness (QED) is 0.256. The van der Waals surface area contributed by atoms with Crippen molar-refractivity contribution in [1.82, 2.24) is 20.2 Å². The third-order valence-electron chi connectivity index (χ3n) is 4.92. The minimum atomic E-state index is 0. The molecule has 31 heavy (non-hydrogen) atoms. The Bertz CT molecular complexity index is 999. The summed E-state index contributed by atoms with van der Waals surface area (Å²) in [5.41, 5.74) is 4.70. The van der Waals surface area contributed by atoms with Gasteiger partial charge in [0.05, 0.1) is 13.7 Å². The number of imidazole rings is 1. The van der Waals surface area contributed by atoms with Crippen LogP contribution < -0.4 is 15.4 Å². The van der Waals surface area contributed by atoms with Crippen molar-refractivity contribution in [3.8, 4) is 5.75 Å². The number of ether oxygens (including phenoxy) is 1. The maximum absolute atomic E-state index is 5.51. The highest BCUT2D eigenvalue weighted by Gasteiger charge is 2.05. The third-order valence-corrected chi connectivity index (χ3v) is 4.92. The fourth-order valence-electron chi connectivity index (χ4n) is 3.28. The van der Waals surface area contributed by atoms with Gasteiger partial charge >= 0.3 is 0 Å². The number of aliphatic imine (C=N–C) groups is 1. The Labute approximate surface area is 202 Å². The van der Waals surface area contributed by atoms with Crippen molar-refractivity contribution in [2.45, 2.75) is 40.4 Å². The summed E-state index contributed by atoms with van der Waals surface area (Å²) in [5, 5.41) is 6.72. The zero-order valence-corrected chi connectivity index (χ0v) is 21.0. The van der Waals surface area contributed by atoms with Gasteiger partial charge in [0.1, 0.15) is 11.6 Å². The second-order valence-corrected chi connectivity index (χ2v) is 7.29. The number of benzene rings is 2. The maximum Gasteiger partial charge on any atom is 0.191 e. The van der Waals surface area contributed by atoms with Crippen LogP contribution in [0.3, 0.4) is 0 Å². The molecule has 2 N–H and O–H groups in total. The Morgan fingerprint density at radius 1 is 1.10 bits per heavy atom. The molecule has 3 aromatic rings. The summed E-state index contributed by atoms with van der Waals surface area (Å²) in [7, 11) is 1.70. The van der Waals surface area contributed by atoms with E-state index in [0.29, 0.717) is 13.1 Å². The van der Waals surface area contributed by atoms with Gasteiger partial charge in [-0.15, -0.1) is 24.0 Å². The van der Waals surface area contributed by atoms with Crippen LogP contribution in [0.4, 0.5) is 0 Å². The van der Waals surface area contributed by atoms with E-state index in [-0.39, 0.29) is 24.0 Å². The SMILES string of the molecule is CCNC(=NCc1cccc(Cn2ccnc2C)c1)NCc1ccc(C)cc1OC.I. The molecule has 0 aliphatic heterocycles. The predicted molar refractivity (Wildman–Crippen MR) is 137 cm³/mol. The molecule has 0 saturated carbocycles. The van der Waals surface area contributed by atoms with Gasteiger partial charge in [0, 0.05) is 37.6 Å². The second-order valence-electron chi connectivity index (χ2n) is 7.29. The Hall–Kier alpha value is -2.55. The average molecular weight is 533 g/mol. The molecular weight excluding hydrogens is 501 g/mol. The summed E-state index contributed by atoms with van der Waals surface area (Å²) in [4.78, 5) is 9.06. The number of methoxy groups -OCH3 is 1. The Kier molecular flexibility index (Phi) is 9.84. The van der Waals surface area contributed by atoms with Gasteiger partial charge in [0.25, 0.3) is 0 Å². The van der Waals surface area contributed by atoms with Crippen LogP contribution in [-0.2, 0) is 19.6 Å². The van der Waals surface area contributed by atoms with Gasteiger partial charge < -0.3 is 19.9 Å². The number of rotatable bonds is 8. The highest BCUT2D eigenvalue weighted by Crippen LogP contribution is 2.19. The largest absolute Gasteiger partial charge is 0.496 e. The first kappa shape index (κ1) is 24.7. The fourth-order valence-corrected chi connectivity index (χ4v) is 3.28. The van der Waals surface area contributed by atoms with E-state index in [0.717, 1.165) is 36.2 Å². The first-order valence-electron chi connectivity index (χ1n) is 10.3. The van der Waals surface area contributed by atoms with Gasteiger partial charge in [0.15, 0.2) is 5.96 Å². The van der Waals surface area contributed by atoms with E-state index in [1.54, 1.807) is 7.11 Å². The minimum absolute atomic E-state index is 0. The van der Waals surface area contributed by atoms with E-state index in [2.05, 4.69) is 76.5 Å². The highest BCUT2D eigenvalue weighted by atomic mass is 127. The van der Waals surface area contributed by atoms with Crippen LogP contribution in [0.1, 0.15) is 35.0 Å². The van der Waals surface area contributed by atoms with Crippen molar-refractivity contribution in [1.29, 1.82) is 0 Å². The van der Waals surface area contributed by atoms with E-state index >= 15 is 0 Å². The Balaban J connectivity index is 0.00000341. The van der Waals surface area contributed by atoms with E-state index in [1.807, 2.05) is 19.3 Å². The third kappa shape index (κ3) is 7.27. The zero-order valence-electron chi connectivity index (χ0n) is 18.7. The van der Waals surface area contributed by atoms with Crippen molar-refractivity contribution in [3.05, 3.63) is 82.9 Å². The van der Waals surface area contributed by atoms with Gasteiger partial charge in [-0.1, -0.05) is 36.4 Å². The van der Waals surface area contributed by atoms with E-state index in [1.165, 1.54) is 16.7 Å². The van der Waals surface area contributed by atoms with Crippen LogP contribution in [0.2, 0.25) is 0 Å². The lowest BCUT2D eigenvalue weighted by Gasteiger charge is -2.14. The normalized spacial score (nSPS) is 11.0. The summed E-state index contributed by atoms with van der Waals surface area (Å²) >= 11 is 0. The standard InChI is InChI=1S/C24H31N5O.HI/c1-5-25-24(28-16-22-10-9-18(2)13-23(22)30-4)27-15-20-7-6-8-21(14-20)17-29-12-11-26-19(29)3;/h6-14H,5,15-17H2,1-4H3,(H2,25,27,28);1H. The maximum atomic E-state index is 5.51. The monoisotopic (exact) mass is 533 g/mol. The average Bonchev–Trinajstić information content (AvgIpc) is 3.15. The molecule has 7 heteroatoms. The van der Waals surface area contributed by atoms with Crippen LogP contribution in [-0.4, -0.2) is 29.2 Å². The van der Waals surface area contributed by atoms with Crippen molar-refractivity contribution in [2.24, 2.45) is 4.99 Å². The predicted octanol–water partition coefficient (Wildman–Crippen LogP) is 4.43. The molecule has 0 fully saturated rings. The van der Waals surface area contributed by atoms with Crippen molar-refractivity contribution in [2.75, 3.05) is 13.7 Å². The molecule has 0 unspecified atom stereocenters. The molecule has 3 rings (SSSR count). The number of nitrogens with zero attached hydrogens (tertiary/aromatic N) is 3. The molecule has 1 heterocycles. The van der Waals surface area contributed by atoms with Crippen molar-refractivity contribution >= 4 is 29.9 Å². The first-order valence-corrected chi connectivity index (χ1v) is 10.3. The van der Waals surface area contributed by atoms with Crippen LogP contribution in [0.15, 0.2) is 59.9 Å². The zero-order chi connectivity index (χ0) is 21.3. The minimum Gasteiger partial charge on any atom is -0.496 e. The molecular formula is C24H32IN5O. The number of hydrogen-bond acceptors (Lipinski definition) is 3. The van der Waals surface area contributed by atoms with Gasteiger partial charge in [-0.3, -0.25) is 0 Å². The lowest BCUT2D eigenvalue weighted by atomic mass is 10.1. The lowest BCUT2D eigenvalue weighted by Crippen LogP contribution is -2.36.